The predicted octanol–water partition coefficient (Wildman–Crippen LogP) is 1.94. The Kier molecular flexibility index (Phi) is 6.21. The third-order valence-electron chi connectivity index (χ3n) is 2.39. The van der Waals surface area contributed by atoms with Crippen molar-refractivity contribution in [3.63, 3.8) is 0 Å². The summed E-state index contributed by atoms with van der Waals surface area (Å²) in [4.78, 5) is 11.6. The van der Waals surface area contributed by atoms with Crippen LogP contribution in [-0.4, -0.2) is 23.6 Å². The molecule has 6 heteroatoms. The zero-order valence-electron chi connectivity index (χ0n) is 10.9. The van der Waals surface area contributed by atoms with Gasteiger partial charge in [-0.15, -0.1) is 0 Å². The van der Waals surface area contributed by atoms with E-state index < -0.39 is 0 Å². The fourth-order valence-corrected chi connectivity index (χ4v) is 1.41. The van der Waals surface area contributed by atoms with Gasteiger partial charge in [0, 0.05) is 18.2 Å². The zero-order valence-corrected chi connectivity index (χ0v) is 10.9. The number of anilines is 1. The Morgan fingerprint density at radius 2 is 2.32 bits per heavy atom. The van der Waals surface area contributed by atoms with E-state index in [0.717, 1.165) is 12.8 Å². The van der Waals surface area contributed by atoms with Crippen LogP contribution in [0.1, 0.15) is 26.2 Å². The number of benzene rings is 1. The van der Waals surface area contributed by atoms with E-state index >= 15 is 0 Å². The van der Waals surface area contributed by atoms with Gasteiger partial charge in [-0.3, -0.25) is 4.79 Å². The van der Waals surface area contributed by atoms with Crippen molar-refractivity contribution < 1.29 is 14.7 Å². The number of nitrogens with one attached hydrogen (secondary N) is 1. The van der Waals surface area contributed by atoms with Crippen LogP contribution in [0.3, 0.4) is 0 Å². The van der Waals surface area contributed by atoms with Crippen LogP contribution in [0.2, 0.25) is 0 Å². The first-order chi connectivity index (χ1) is 9.15. The summed E-state index contributed by atoms with van der Waals surface area (Å²) in [5, 5.41) is 14.0. The van der Waals surface area contributed by atoms with Crippen molar-refractivity contribution in [2.24, 2.45) is 10.9 Å². The summed E-state index contributed by atoms with van der Waals surface area (Å²) in [5.74, 6) is 0.507. The summed E-state index contributed by atoms with van der Waals surface area (Å²) in [6, 6.07) is 6.96. The average molecular weight is 265 g/mol. The molecule has 0 unspecified atom stereocenters. The molecular formula is C13H19N3O3. The monoisotopic (exact) mass is 265 g/mol. The number of hydrogen-bond donors (Lipinski definition) is 3. The molecule has 6 nitrogen and oxygen atoms in total. The topological polar surface area (TPSA) is 96.9 Å². The standard InChI is InChI=1S/C13H19N3O3/c1-2-3-7-13(17)15-10-5-4-6-11(8-10)19-9-12(14)16-18/h4-6,8,18H,2-3,7,9H2,1H3,(H2,14,16)(H,15,17). The van der Waals surface area contributed by atoms with Crippen LogP contribution >= 0.6 is 0 Å². The fourth-order valence-electron chi connectivity index (χ4n) is 1.41. The lowest BCUT2D eigenvalue weighted by Gasteiger charge is -2.08. The highest BCUT2D eigenvalue weighted by atomic mass is 16.5. The Morgan fingerprint density at radius 1 is 1.53 bits per heavy atom. The van der Waals surface area contributed by atoms with Crippen LogP contribution in [0, 0.1) is 0 Å². The molecule has 0 saturated carbocycles. The van der Waals surface area contributed by atoms with Gasteiger partial charge >= 0.3 is 0 Å². The molecule has 0 fully saturated rings. The molecule has 0 bridgehead atoms. The highest BCUT2D eigenvalue weighted by molar-refractivity contribution is 5.90. The second kappa shape index (κ2) is 7.97. The van der Waals surface area contributed by atoms with Crippen molar-refractivity contribution in [2.75, 3.05) is 11.9 Å². The Labute approximate surface area is 112 Å². The Morgan fingerprint density at radius 3 is 3.00 bits per heavy atom. The van der Waals surface area contributed by atoms with Crippen molar-refractivity contribution in [1.82, 2.24) is 0 Å². The maximum absolute atomic E-state index is 11.6. The van der Waals surface area contributed by atoms with E-state index in [9.17, 15) is 4.79 Å². The lowest BCUT2D eigenvalue weighted by atomic mass is 10.2. The minimum Gasteiger partial charge on any atom is -0.485 e. The molecule has 0 aromatic heterocycles. The summed E-state index contributed by atoms with van der Waals surface area (Å²) in [7, 11) is 0. The van der Waals surface area contributed by atoms with Crippen LogP contribution < -0.4 is 15.8 Å². The summed E-state index contributed by atoms with van der Waals surface area (Å²) >= 11 is 0. The molecule has 0 saturated heterocycles. The van der Waals surface area contributed by atoms with E-state index in [2.05, 4.69) is 10.5 Å². The Hall–Kier alpha value is -2.24. The van der Waals surface area contributed by atoms with E-state index in [1.165, 1.54) is 0 Å². The number of unbranched alkanes of at least 4 members (excludes halogenated alkanes) is 1. The summed E-state index contributed by atoms with van der Waals surface area (Å²) in [5.41, 5.74) is 5.96. The quantitative estimate of drug-likeness (QED) is 0.304. The van der Waals surface area contributed by atoms with Crippen molar-refractivity contribution in [2.45, 2.75) is 26.2 Å². The maximum atomic E-state index is 11.6. The van der Waals surface area contributed by atoms with Crippen LogP contribution in [0.25, 0.3) is 0 Å². The maximum Gasteiger partial charge on any atom is 0.224 e. The number of nitrogens with two attached hydrogens (primary N) is 1. The molecule has 19 heavy (non-hydrogen) atoms. The smallest absolute Gasteiger partial charge is 0.224 e. The van der Waals surface area contributed by atoms with Gasteiger partial charge in [-0.25, -0.2) is 0 Å². The molecule has 1 aromatic rings. The first kappa shape index (κ1) is 14.8. The molecule has 0 aliphatic heterocycles. The number of hydrogen-bond acceptors (Lipinski definition) is 4. The van der Waals surface area contributed by atoms with Crippen LogP contribution in [0.5, 0.6) is 5.75 Å². The van der Waals surface area contributed by atoms with Gasteiger partial charge in [-0.1, -0.05) is 24.6 Å². The molecule has 1 aromatic carbocycles. The molecule has 0 spiro atoms. The molecular weight excluding hydrogens is 246 g/mol. The van der Waals surface area contributed by atoms with Gasteiger partial charge in [0.2, 0.25) is 5.91 Å². The number of ether oxygens (including phenoxy) is 1. The van der Waals surface area contributed by atoms with Crippen molar-refractivity contribution in [1.29, 1.82) is 0 Å². The van der Waals surface area contributed by atoms with Crippen molar-refractivity contribution in [3.8, 4) is 5.75 Å². The Balaban J connectivity index is 2.54. The second-order valence-electron chi connectivity index (χ2n) is 4.06. The predicted molar refractivity (Wildman–Crippen MR) is 73.5 cm³/mol. The van der Waals surface area contributed by atoms with E-state index in [1.54, 1.807) is 24.3 Å². The highest BCUT2D eigenvalue weighted by Crippen LogP contribution is 2.17. The number of oxime groups is 1. The van der Waals surface area contributed by atoms with Crippen LogP contribution in [0.4, 0.5) is 5.69 Å². The van der Waals surface area contributed by atoms with E-state index in [0.29, 0.717) is 17.9 Å². The van der Waals surface area contributed by atoms with Gasteiger partial charge in [0.25, 0.3) is 0 Å². The second-order valence-corrected chi connectivity index (χ2v) is 4.06. The Bertz CT molecular complexity index is 447. The first-order valence-electron chi connectivity index (χ1n) is 6.14. The molecule has 0 heterocycles. The van der Waals surface area contributed by atoms with Gasteiger partial charge in [-0.05, 0) is 18.6 Å². The number of carbonyl (C=O) groups excluding carboxylic acids is 1. The molecule has 4 N–H and O–H groups in total. The molecule has 104 valence electrons. The van der Waals surface area contributed by atoms with E-state index in [4.69, 9.17) is 15.7 Å². The van der Waals surface area contributed by atoms with E-state index in [1.807, 2.05) is 6.92 Å². The summed E-state index contributed by atoms with van der Waals surface area (Å²) < 4.78 is 5.29. The molecule has 1 amide bonds. The number of rotatable bonds is 7. The number of amidine groups is 1. The molecule has 0 aliphatic rings. The van der Waals surface area contributed by atoms with Crippen molar-refractivity contribution in [3.05, 3.63) is 24.3 Å². The van der Waals surface area contributed by atoms with Gasteiger partial charge < -0.3 is 21.0 Å². The van der Waals surface area contributed by atoms with Crippen LogP contribution in [0.15, 0.2) is 29.4 Å². The molecule has 0 atom stereocenters. The first-order valence-corrected chi connectivity index (χ1v) is 6.14. The minimum atomic E-state index is -0.0181. The lowest BCUT2D eigenvalue weighted by molar-refractivity contribution is -0.116. The zero-order chi connectivity index (χ0) is 14.1. The average Bonchev–Trinajstić information content (AvgIpc) is 2.43. The van der Waals surface area contributed by atoms with Gasteiger partial charge in [0.15, 0.2) is 5.84 Å². The third-order valence-corrected chi connectivity index (χ3v) is 2.39. The van der Waals surface area contributed by atoms with Crippen molar-refractivity contribution >= 4 is 17.4 Å². The fraction of sp³-hybridized carbons (Fsp3) is 0.385. The van der Waals surface area contributed by atoms with E-state index in [-0.39, 0.29) is 18.3 Å². The molecule has 0 radical (unpaired) electrons. The van der Waals surface area contributed by atoms with Crippen LogP contribution in [-0.2, 0) is 4.79 Å². The minimum absolute atomic E-state index is 0.0102. The normalized spacial score (nSPS) is 11.1. The number of amides is 1. The summed E-state index contributed by atoms with van der Waals surface area (Å²) in [6.45, 7) is 2.03. The van der Waals surface area contributed by atoms with Gasteiger partial charge in [0.05, 0.1) is 0 Å². The largest absolute Gasteiger partial charge is 0.485 e. The SMILES string of the molecule is CCCCC(=O)Nc1cccc(OC/C(N)=N/O)c1. The number of nitrogens with zero attached hydrogens (tertiary/aromatic N) is 1. The molecule has 1 rings (SSSR count). The molecule has 0 aliphatic carbocycles. The lowest BCUT2D eigenvalue weighted by Crippen LogP contribution is -2.20. The van der Waals surface area contributed by atoms with Gasteiger partial charge in [-0.2, -0.15) is 0 Å². The number of carbonyl (C=O) groups is 1. The third kappa shape index (κ3) is 5.76. The van der Waals surface area contributed by atoms with Gasteiger partial charge in [0.1, 0.15) is 12.4 Å². The highest BCUT2D eigenvalue weighted by Gasteiger charge is 2.03. The summed E-state index contributed by atoms with van der Waals surface area (Å²) in [6.07, 6.45) is 2.35.